The first kappa shape index (κ1) is 20.9. The lowest BCUT2D eigenvalue weighted by molar-refractivity contribution is -0.306. The number of carboxylic acids is 1. The van der Waals surface area contributed by atoms with Gasteiger partial charge < -0.3 is 19.1 Å². The van der Waals surface area contributed by atoms with Crippen molar-refractivity contribution in [2.75, 3.05) is 6.61 Å². The number of allylic oxidation sites excluding steroid dienone is 2. The molecule has 1 aromatic heterocycles. The van der Waals surface area contributed by atoms with E-state index in [1.54, 1.807) is 12.1 Å². The van der Waals surface area contributed by atoms with E-state index in [4.69, 9.17) is 9.15 Å². The van der Waals surface area contributed by atoms with E-state index in [-0.39, 0.29) is 17.8 Å². The van der Waals surface area contributed by atoms with Crippen molar-refractivity contribution >= 4 is 16.9 Å². The number of carbonyl (C=O) groups excluding carboxylic acids is 1. The molecule has 0 saturated carbocycles. The number of hydrogen-bond donors (Lipinski definition) is 0. The van der Waals surface area contributed by atoms with Crippen molar-refractivity contribution in [3.63, 3.8) is 0 Å². The molecular formula is C24H27O5-. The first-order valence-electron chi connectivity index (χ1n) is 9.92. The lowest BCUT2D eigenvalue weighted by Crippen LogP contribution is -2.38. The maximum absolute atomic E-state index is 11.5. The molecule has 0 N–H and O–H groups in total. The zero-order valence-electron chi connectivity index (χ0n) is 17.2. The second-order valence-corrected chi connectivity index (χ2v) is 8.23. The van der Waals surface area contributed by atoms with E-state index < -0.39 is 11.6 Å². The summed E-state index contributed by atoms with van der Waals surface area (Å²) in [6, 6.07) is 8.51. The van der Waals surface area contributed by atoms with Crippen molar-refractivity contribution in [2.45, 2.75) is 46.5 Å². The molecule has 1 aliphatic carbocycles. The Morgan fingerprint density at radius 3 is 2.76 bits per heavy atom. The van der Waals surface area contributed by atoms with Gasteiger partial charge in [-0.05, 0) is 74.6 Å². The van der Waals surface area contributed by atoms with Crippen LogP contribution in [0.15, 0.2) is 62.8 Å². The number of carboxylic acid groups (broad SMARTS) is 1. The fraction of sp³-hybridized carbons (Fsp3) is 0.417. The van der Waals surface area contributed by atoms with E-state index in [0.717, 1.165) is 29.4 Å². The Kier molecular flexibility index (Phi) is 5.96. The third-order valence-corrected chi connectivity index (χ3v) is 6.20. The minimum Gasteiger partial charge on any atom is -0.550 e. The van der Waals surface area contributed by atoms with Crippen molar-refractivity contribution in [3.05, 3.63) is 64.1 Å². The van der Waals surface area contributed by atoms with E-state index >= 15 is 0 Å². The van der Waals surface area contributed by atoms with Gasteiger partial charge in [0, 0.05) is 23.5 Å². The van der Waals surface area contributed by atoms with Crippen molar-refractivity contribution < 1.29 is 19.1 Å². The minimum absolute atomic E-state index is 0.00179. The van der Waals surface area contributed by atoms with Crippen LogP contribution in [0.5, 0.6) is 5.75 Å². The summed E-state index contributed by atoms with van der Waals surface area (Å²) in [5.41, 5.74) is 3.13. The van der Waals surface area contributed by atoms with Crippen LogP contribution in [-0.2, 0) is 4.79 Å². The molecule has 0 spiro atoms. The van der Waals surface area contributed by atoms with Crippen LogP contribution in [0.25, 0.3) is 11.0 Å². The molecule has 29 heavy (non-hydrogen) atoms. The first-order valence-corrected chi connectivity index (χ1v) is 9.92. The normalized spacial score (nSPS) is 22.0. The summed E-state index contributed by atoms with van der Waals surface area (Å²) >= 11 is 0. The molecule has 0 bridgehead atoms. The molecule has 0 fully saturated rings. The summed E-state index contributed by atoms with van der Waals surface area (Å²) in [5.74, 6) is -0.245. The van der Waals surface area contributed by atoms with Crippen LogP contribution in [-0.4, -0.2) is 12.6 Å². The molecule has 2 aromatic rings. The number of carbonyl (C=O) groups is 1. The van der Waals surface area contributed by atoms with E-state index in [2.05, 4.69) is 20.4 Å². The molecule has 5 nitrogen and oxygen atoms in total. The highest BCUT2D eigenvalue weighted by Crippen LogP contribution is 2.50. The van der Waals surface area contributed by atoms with Crippen molar-refractivity contribution in [1.82, 2.24) is 0 Å². The highest BCUT2D eigenvalue weighted by atomic mass is 16.5. The predicted octanol–water partition coefficient (Wildman–Crippen LogP) is 4.01. The summed E-state index contributed by atoms with van der Waals surface area (Å²) in [5, 5.41) is 12.0. The number of rotatable bonds is 7. The fourth-order valence-electron chi connectivity index (χ4n) is 4.58. The molecule has 3 rings (SSSR count). The second-order valence-electron chi connectivity index (χ2n) is 8.23. The van der Waals surface area contributed by atoms with Gasteiger partial charge in [0.25, 0.3) is 0 Å². The molecule has 5 heteroatoms. The molecule has 154 valence electrons. The smallest absolute Gasteiger partial charge is 0.336 e. The van der Waals surface area contributed by atoms with Gasteiger partial charge in [-0.1, -0.05) is 24.6 Å². The van der Waals surface area contributed by atoms with E-state index in [1.165, 1.54) is 11.6 Å². The Bertz CT molecular complexity index is 1030. The van der Waals surface area contributed by atoms with Gasteiger partial charge in [0.15, 0.2) is 0 Å². The summed E-state index contributed by atoms with van der Waals surface area (Å²) in [6.07, 6.45) is 2.37. The van der Waals surface area contributed by atoms with Gasteiger partial charge in [0.1, 0.15) is 17.9 Å². The van der Waals surface area contributed by atoms with Gasteiger partial charge in [0.2, 0.25) is 0 Å². The molecular weight excluding hydrogens is 368 g/mol. The zero-order chi connectivity index (χ0) is 21.2. The van der Waals surface area contributed by atoms with Gasteiger partial charge in [-0.25, -0.2) is 4.79 Å². The Labute approximate surface area is 170 Å². The maximum atomic E-state index is 11.5. The van der Waals surface area contributed by atoms with Crippen LogP contribution in [0.3, 0.4) is 0 Å². The maximum Gasteiger partial charge on any atom is 0.336 e. The quantitative estimate of drug-likeness (QED) is 0.523. The third-order valence-electron chi connectivity index (χ3n) is 6.20. The number of hydrogen-bond acceptors (Lipinski definition) is 5. The minimum atomic E-state index is -1.04. The molecule has 0 aliphatic heterocycles. The fourth-order valence-corrected chi connectivity index (χ4v) is 4.58. The SMILES string of the molecule is C=C(C)C1CCC(C)=C(COc2ccc3ccc(=O)oc3c2)C1(C)CCC(=O)[O-]. The van der Waals surface area contributed by atoms with Crippen LogP contribution >= 0.6 is 0 Å². The van der Waals surface area contributed by atoms with Gasteiger partial charge in [-0.15, -0.1) is 0 Å². The molecule has 1 heterocycles. The summed E-state index contributed by atoms with van der Waals surface area (Å²) in [6.45, 7) is 10.7. The molecule has 0 radical (unpaired) electrons. The number of aliphatic carboxylic acids is 1. The molecule has 0 amide bonds. The van der Waals surface area contributed by atoms with Gasteiger partial charge in [-0.2, -0.15) is 0 Å². The van der Waals surface area contributed by atoms with Crippen LogP contribution in [0, 0.1) is 11.3 Å². The van der Waals surface area contributed by atoms with E-state index in [9.17, 15) is 14.7 Å². The Morgan fingerprint density at radius 2 is 2.07 bits per heavy atom. The topological polar surface area (TPSA) is 79.6 Å². The molecule has 1 aliphatic rings. The van der Waals surface area contributed by atoms with Crippen LogP contribution in [0.4, 0.5) is 0 Å². The standard InChI is InChI=1S/C24H28O5/c1-15(2)19-9-5-16(3)20(24(19,4)12-11-22(25)26)14-28-18-8-6-17-7-10-23(27)29-21(17)13-18/h6-8,10,13,19H,1,5,9,11-12,14H2,2-4H3,(H,25,26)/p-1. The molecule has 0 saturated heterocycles. The van der Waals surface area contributed by atoms with E-state index in [1.807, 2.05) is 19.1 Å². The van der Waals surface area contributed by atoms with Crippen LogP contribution < -0.4 is 15.5 Å². The number of benzene rings is 1. The van der Waals surface area contributed by atoms with Crippen molar-refractivity contribution in [2.24, 2.45) is 11.3 Å². The van der Waals surface area contributed by atoms with Crippen molar-refractivity contribution in [3.8, 4) is 5.75 Å². The second kappa shape index (κ2) is 8.27. The summed E-state index contributed by atoms with van der Waals surface area (Å²) in [7, 11) is 0. The van der Waals surface area contributed by atoms with E-state index in [0.29, 0.717) is 24.4 Å². The lowest BCUT2D eigenvalue weighted by atomic mass is 9.60. The summed E-state index contributed by atoms with van der Waals surface area (Å²) in [4.78, 5) is 22.6. The first-order chi connectivity index (χ1) is 13.7. The zero-order valence-corrected chi connectivity index (χ0v) is 17.2. The molecule has 1 aromatic carbocycles. The molecule has 2 unspecified atom stereocenters. The highest BCUT2D eigenvalue weighted by molar-refractivity contribution is 5.77. The number of fused-ring (bicyclic) bond motifs is 1. The average Bonchev–Trinajstić information content (AvgIpc) is 2.65. The Hall–Kier alpha value is -2.82. The monoisotopic (exact) mass is 395 g/mol. The Balaban J connectivity index is 1.88. The van der Waals surface area contributed by atoms with Crippen LogP contribution in [0.1, 0.15) is 46.5 Å². The average molecular weight is 395 g/mol. The van der Waals surface area contributed by atoms with Gasteiger partial charge in [0.05, 0.1) is 0 Å². The Morgan fingerprint density at radius 1 is 1.34 bits per heavy atom. The summed E-state index contributed by atoms with van der Waals surface area (Å²) < 4.78 is 11.3. The van der Waals surface area contributed by atoms with Gasteiger partial charge >= 0.3 is 5.63 Å². The van der Waals surface area contributed by atoms with Gasteiger partial charge in [-0.3, -0.25) is 0 Å². The van der Waals surface area contributed by atoms with Crippen LogP contribution in [0.2, 0.25) is 0 Å². The van der Waals surface area contributed by atoms with Crippen molar-refractivity contribution in [1.29, 1.82) is 0 Å². The number of ether oxygens (including phenoxy) is 1. The lowest BCUT2D eigenvalue weighted by Gasteiger charge is -2.45. The predicted molar refractivity (Wildman–Crippen MR) is 111 cm³/mol. The molecule has 2 atom stereocenters. The highest BCUT2D eigenvalue weighted by Gasteiger charge is 2.41. The third kappa shape index (κ3) is 4.44. The largest absolute Gasteiger partial charge is 0.550 e.